The Morgan fingerprint density at radius 1 is 1.15 bits per heavy atom. The average molecular weight is 282 g/mol. The lowest BCUT2D eigenvalue weighted by Crippen LogP contribution is -2.42. The number of rotatable bonds is 7. The molecule has 2 fully saturated rings. The normalized spacial score (nSPS) is 30.8. The summed E-state index contributed by atoms with van der Waals surface area (Å²) in [7, 11) is 0. The summed E-state index contributed by atoms with van der Waals surface area (Å²) in [4.78, 5) is 2.63. The molecule has 0 amide bonds. The van der Waals surface area contributed by atoms with Crippen molar-refractivity contribution in [3.8, 4) is 0 Å². The molecule has 20 heavy (non-hydrogen) atoms. The lowest BCUT2D eigenvalue weighted by atomic mass is 9.78. The molecule has 0 aromatic carbocycles. The minimum absolute atomic E-state index is 0.456. The molecular formula is C17H34N2O. The van der Waals surface area contributed by atoms with E-state index in [1.54, 1.807) is 0 Å². The van der Waals surface area contributed by atoms with Crippen molar-refractivity contribution in [2.24, 2.45) is 5.41 Å². The first kappa shape index (κ1) is 16.3. The second kappa shape index (κ2) is 7.77. The van der Waals surface area contributed by atoms with Gasteiger partial charge in [0.1, 0.15) is 0 Å². The van der Waals surface area contributed by atoms with E-state index in [1.807, 2.05) is 0 Å². The van der Waals surface area contributed by atoms with E-state index < -0.39 is 0 Å². The molecule has 118 valence electrons. The Kier molecular flexibility index (Phi) is 6.31. The Hall–Kier alpha value is -0.120. The molecule has 0 bridgehead atoms. The molecule has 0 saturated carbocycles. The smallest absolute Gasteiger partial charge is 0.0707 e. The fourth-order valence-electron chi connectivity index (χ4n) is 3.42. The molecule has 2 rings (SSSR count). The third kappa shape index (κ3) is 4.71. The molecule has 0 aliphatic carbocycles. The standard InChI is InChI=1S/C17H34N2O/c1-4-10-18-13-15-6-7-16(20-15)14-19-11-8-17(3,5-2)9-12-19/h15-16,18H,4-14H2,1-3H3. The Balaban J connectivity index is 1.63. The highest BCUT2D eigenvalue weighted by Crippen LogP contribution is 2.34. The van der Waals surface area contributed by atoms with Crippen LogP contribution in [0.25, 0.3) is 0 Å². The highest BCUT2D eigenvalue weighted by atomic mass is 16.5. The van der Waals surface area contributed by atoms with Crippen LogP contribution in [-0.4, -0.2) is 49.8 Å². The van der Waals surface area contributed by atoms with E-state index >= 15 is 0 Å². The minimum atomic E-state index is 0.456. The van der Waals surface area contributed by atoms with Crippen LogP contribution in [0.3, 0.4) is 0 Å². The molecule has 2 atom stereocenters. The monoisotopic (exact) mass is 282 g/mol. The van der Waals surface area contributed by atoms with Gasteiger partial charge >= 0.3 is 0 Å². The number of nitrogens with zero attached hydrogens (tertiary/aromatic N) is 1. The molecule has 0 aromatic rings. The Labute approximate surface area is 125 Å². The van der Waals surface area contributed by atoms with Crippen molar-refractivity contribution in [3.05, 3.63) is 0 Å². The van der Waals surface area contributed by atoms with Gasteiger partial charge in [0.2, 0.25) is 0 Å². The van der Waals surface area contributed by atoms with Gasteiger partial charge in [-0.15, -0.1) is 0 Å². The van der Waals surface area contributed by atoms with Crippen LogP contribution in [0.4, 0.5) is 0 Å². The van der Waals surface area contributed by atoms with Crippen molar-refractivity contribution >= 4 is 0 Å². The summed E-state index contributed by atoms with van der Waals surface area (Å²) in [5.41, 5.74) is 0.597. The van der Waals surface area contributed by atoms with Gasteiger partial charge in [-0.2, -0.15) is 0 Å². The predicted octanol–water partition coefficient (Wildman–Crippen LogP) is 3.05. The van der Waals surface area contributed by atoms with E-state index in [4.69, 9.17) is 4.74 Å². The molecule has 2 unspecified atom stereocenters. The average Bonchev–Trinajstić information content (AvgIpc) is 2.90. The van der Waals surface area contributed by atoms with Crippen LogP contribution in [-0.2, 0) is 4.74 Å². The summed E-state index contributed by atoms with van der Waals surface area (Å²) < 4.78 is 6.18. The summed E-state index contributed by atoms with van der Waals surface area (Å²) in [6, 6.07) is 0. The van der Waals surface area contributed by atoms with Crippen LogP contribution in [0.5, 0.6) is 0 Å². The van der Waals surface area contributed by atoms with Crippen LogP contribution in [0.2, 0.25) is 0 Å². The van der Waals surface area contributed by atoms with E-state index in [-0.39, 0.29) is 0 Å². The third-order valence-corrected chi connectivity index (χ3v) is 5.37. The molecule has 0 aromatic heterocycles. The molecule has 3 nitrogen and oxygen atoms in total. The van der Waals surface area contributed by atoms with Gasteiger partial charge in [0.15, 0.2) is 0 Å². The van der Waals surface area contributed by atoms with Gasteiger partial charge in [0, 0.05) is 13.1 Å². The van der Waals surface area contributed by atoms with Crippen LogP contribution in [0.1, 0.15) is 59.3 Å². The van der Waals surface area contributed by atoms with E-state index in [9.17, 15) is 0 Å². The van der Waals surface area contributed by atoms with E-state index in [2.05, 4.69) is 31.0 Å². The van der Waals surface area contributed by atoms with Crippen molar-refractivity contribution in [2.45, 2.75) is 71.5 Å². The maximum Gasteiger partial charge on any atom is 0.0707 e. The Bertz CT molecular complexity index is 274. The van der Waals surface area contributed by atoms with E-state index in [0.29, 0.717) is 17.6 Å². The highest BCUT2D eigenvalue weighted by Gasteiger charge is 2.31. The predicted molar refractivity (Wildman–Crippen MR) is 85.1 cm³/mol. The first-order valence-corrected chi connectivity index (χ1v) is 8.74. The fourth-order valence-corrected chi connectivity index (χ4v) is 3.42. The summed E-state index contributed by atoms with van der Waals surface area (Å²) in [6.45, 7) is 12.8. The molecular weight excluding hydrogens is 248 g/mol. The van der Waals surface area contributed by atoms with Gasteiger partial charge < -0.3 is 15.0 Å². The number of piperidine rings is 1. The van der Waals surface area contributed by atoms with Crippen molar-refractivity contribution in [1.82, 2.24) is 10.2 Å². The van der Waals surface area contributed by atoms with Gasteiger partial charge in [-0.3, -0.25) is 0 Å². The molecule has 0 radical (unpaired) electrons. The first-order valence-electron chi connectivity index (χ1n) is 8.74. The summed E-state index contributed by atoms with van der Waals surface area (Å²) in [5, 5.41) is 3.48. The van der Waals surface area contributed by atoms with Gasteiger partial charge in [0.05, 0.1) is 12.2 Å². The lowest BCUT2D eigenvalue weighted by Gasteiger charge is -2.39. The molecule has 3 heteroatoms. The van der Waals surface area contributed by atoms with Gasteiger partial charge in [-0.05, 0) is 57.2 Å². The third-order valence-electron chi connectivity index (χ3n) is 5.37. The van der Waals surface area contributed by atoms with E-state index in [1.165, 1.54) is 51.6 Å². The van der Waals surface area contributed by atoms with Crippen LogP contribution >= 0.6 is 0 Å². The molecule has 2 aliphatic rings. The summed E-state index contributed by atoms with van der Waals surface area (Å²) in [5.74, 6) is 0. The van der Waals surface area contributed by atoms with Crippen LogP contribution in [0.15, 0.2) is 0 Å². The number of hydrogen-bond acceptors (Lipinski definition) is 3. The zero-order chi connectivity index (χ0) is 14.4. The fraction of sp³-hybridized carbons (Fsp3) is 1.00. The second-order valence-electron chi connectivity index (χ2n) is 7.13. The van der Waals surface area contributed by atoms with E-state index in [0.717, 1.165) is 19.6 Å². The maximum absolute atomic E-state index is 6.18. The van der Waals surface area contributed by atoms with Crippen molar-refractivity contribution in [1.29, 1.82) is 0 Å². The Morgan fingerprint density at radius 2 is 1.85 bits per heavy atom. The number of ether oxygens (including phenoxy) is 1. The maximum atomic E-state index is 6.18. The van der Waals surface area contributed by atoms with Crippen molar-refractivity contribution in [3.63, 3.8) is 0 Å². The zero-order valence-corrected chi connectivity index (χ0v) is 13.8. The minimum Gasteiger partial charge on any atom is -0.372 e. The largest absolute Gasteiger partial charge is 0.372 e. The van der Waals surface area contributed by atoms with Crippen LogP contribution in [0, 0.1) is 5.41 Å². The molecule has 1 N–H and O–H groups in total. The molecule has 2 aliphatic heterocycles. The van der Waals surface area contributed by atoms with Gasteiger partial charge in [-0.1, -0.05) is 27.2 Å². The quantitative estimate of drug-likeness (QED) is 0.726. The number of nitrogens with one attached hydrogen (secondary N) is 1. The summed E-state index contributed by atoms with van der Waals surface area (Å²) in [6.07, 6.45) is 8.68. The van der Waals surface area contributed by atoms with Crippen LogP contribution < -0.4 is 5.32 Å². The lowest BCUT2D eigenvalue weighted by molar-refractivity contribution is 0.00931. The SMILES string of the molecule is CCCNCC1CCC(CN2CCC(C)(CC)CC2)O1. The molecule has 2 saturated heterocycles. The highest BCUT2D eigenvalue weighted by molar-refractivity contribution is 4.84. The van der Waals surface area contributed by atoms with Crippen molar-refractivity contribution < 1.29 is 4.74 Å². The van der Waals surface area contributed by atoms with Gasteiger partial charge in [-0.25, -0.2) is 0 Å². The topological polar surface area (TPSA) is 24.5 Å². The van der Waals surface area contributed by atoms with Crippen molar-refractivity contribution in [2.75, 3.05) is 32.7 Å². The number of likely N-dealkylation sites (tertiary alicyclic amines) is 1. The first-order chi connectivity index (χ1) is 9.65. The summed E-state index contributed by atoms with van der Waals surface area (Å²) >= 11 is 0. The van der Waals surface area contributed by atoms with Gasteiger partial charge in [0.25, 0.3) is 0 Å². The second-order valence-corrected chi connectivity index (χ2v) is 7.13. The molecule has 0 spiro atoms. The number of hydrogen-bond donors (Lipinski definition) is 1. The Morgan fingerprint density at radius 3 is 2.50 bits per heavy atom. The zero-order valence-electron chi connectivity index (χ0n) is 13.8. The molecule has 2 heterocycles.